The molecular weight excluding hydrogens is 217 g/mol. The topological polar surface area (TPSA) is 35.2 Å². The Hall–Kier alpha value is -2.03. The third kappa shape index (κ3) is 2.56. The average Bonchev–Trinajstić information content (AvgIpc) is 2.30. The molecule has 2 N–H and O–H groups in total. The highest BCUT2D eigenvalue weighted by Gasteiger charge is 2.07. The van der Waals surface area contributed by atoms with E-state index in [-0.39, 0.29) is 5.75 Å². The maximum Gasteiger partial charge on any atom is 0.178 e. The van der Waals surface area contributed by atoms with Crippen LogP contribution in [0.4, 0.5) is 10.1 Å². The van der Waals surface area contributed by atoms with Gasteiger partial charge in [-0.15, -0.1) is 0 Å². The SMILES string of the molecule is Cc1ccccc1COc1c(N)cccc1F. The fourth-order valence-corrected chi connectivity index (χ4v) is 1.60. The van der Waals surface area contributed by atoms with E-state index in [1.807, 2.05) is 31.2 Å². The van der Waals surface area contributed by atoms with E-state index >= 15 is 0 Å². The first-order valence-electron chi connectivity index (χ1n) is 5.40. The van der Waals surface area contributed by atoms with Gasteiger partial charge in [-0.2, -0.15) is 0 Å². The summed E-state index contributed by atoms with van der Waals surface area (Å²) < 4.78 is 18.9. The normalized spacial score (nSPS) is 10.2. The lowest BCUT2D eigenvalue weighted by Gasteiger charge is -2.11. The summed E-state index contributed by atoms with van der Waals surface area (Å²) in [6.45, 7) is 2.31. The quantitative estimate of drug-likeness (QED) is 0.822. The second-order valence-electron chi connectivity index (χ2n) is 3.87. The summed E-state index contributed by atoms with van der Waals surface area (Å²) >= 11 is 0. The lowest BCUT2D eigenvalue weighted by atomic mass is 10.1. The van der Waals surface area contributed by atoms with Crippen LogP contribution in [0.2, 0.25) is 0 Å². The highest BCUT2D eigenvalue weighted by molar-refractivity contribution is 5.52. The molecule has 0 bridgehead atoms. The van der Waals surface area contributed by atoms with Gasteiger partial charge in [0.2, 0.25) is 0 Å². The second-order valence-corrected chi connectivity index (χ2v) is 3.87. The van der Waals surface area contributed by atoms with Crippen molar-refractivity contribution >= 4 is 5.69 Å². The summed E-state index contributed by atoms with van der Waals surface area (Å²) in [7, 11) is 0. The first-order valence-corrected chi connectivity index (χ1v) is 5.40. The van der Waals surface area contributed by atoms with Crippen LogP contribution in [0.5, 0.6) is 5.75 Å². The maximum absolute atomic E-state index is 13.4. The number of aryl methyl sites for hydroxylation is 1. The summed E-state index contributed by atoms with van der Waals surface area (Å²) in [6.07, 6.45) is 0. The van der Waals surface area contributed by atoms with Gasteiger partial charge in [-0.3, -0.25) is 0 Å². The molecule has 88 valence electrons. The minimum atomic E-state index is -0.432. The van der Waals surface area contributed by atoms with E-state index in [4.69, 9.17) is 10.5 Å². The van der Waals surface area contributed by atoms with Gasteiger partial charge < -0.3 is 10.5 Å². The van der Waals surface area contributed by atoms with E-state index in [0.29, 0.717) is 12.3 Å². The van der Waals surface area contributed by atoms with Gasteiger partial charge in [0.15, 0.2) is 11.6 Å². The van der Waals surface area contributed by atoms with Gasteiger partial charge in [-0.05, 0) is 30.2 Å². The van der Waals surface area contributed by atoms with E-state index in [9.17, 15) is 4.39 Å². The number of para-hydroxylation sites is 1. The van der Waals surface area contributed by atoms with Crippen LogP contribution in [0, 0.1) is 12.7 Å². The third-order valence-electron chi connectivity index (χ3n) is 2.63. The Morgan fingerprint density at radius 1 is 1.12 bits per heavy atom. The van der Waals surface area contributed by atoms with Crippen molar-refractivity contribution < 1.29 is 9.13 Å². The van der Waals surface area contributed by atoms with Crippen LogP contribution in [-0.2, 0) is 6.61 Å². The Kier molecular flexibility index (Phi) is 3.28. The number of benzene rings is 2. The molecule has 0 radical (unpaired) electrons. The van der Waals surface area contributed by atoms with Crippen molar-refractivity contribution in [2.75, 3.05) is 5.73 Å². The molecule has 0 amide bonds. The molecule has 0 saturated carbocycles. The molecule has 0 spiro atoms. The van der Waals surface area contributed by atoms with Crippen LogP contribution >= 0.6 is 0 Å². The highest BCUT2D eigenvalue weighted by atomic mass is 19.1. The minimum absolute atomic E-state index is 0.121. The summed E-state index contributed by atoms with van der Waals surface area (Å²) in [5.74, 6) is -0.311. The fourth-order valence-electron chi connectivity index (χ4n) is 1.60. The Bertz CT molecular complexity index is 505. The first kappa shape index (κ1) is 11.5. The van der Waals surface area contributed by atoms with Gasteiger partial charge in [0.25, 0.3) is 0 Å². The molecule has 0 fully saturated rings. The molecule has 0 aliphatic heterocycles. The van der Waals surface area contributed by atoms with E-state index < -0.39 is 5.82 Å². The summed E-state index contributed by atoms with van der Waals surface area (Å²) in [5, 5.41) is 0. The molecule has 0 aliphatic carbocycles. The number of rotatable bonds is 3. The average molecular weight is 231 g/mol. The first-order chi connectivity index (χ1) is 8.18. The van der Waals surface area contributed by atoms with Gasteiger partial charge in [-0.25, -0.2) is 4.39 Å². The van der Waals surface area contributed by atoms with E-state index in [1.165, 1.54) is 6.07 Å². The molecule has 17 heavy (non-hydrogen) atoms. The molecule has 0 atom stereocenters. The highest BCUT2D eigenvalue weighted by Crippen LogP contribution is 2.25. The zero-order valence-electron chi connectivity index (χ0n) is 9.61. The standard InChI is InChI=1S/C14H14FNO/c1-10-5-2-3-6-11(10)9-17-14-12(15)7-4-8-13(14)16/h2-8H,9,16H2,1H3. The molecular formula is C14H14FNO. The molecule has 3 heteroatoms. The van der Waals surface area contributed by atoms with Gasteiger partial charge in [0.05, 0.1) is 5.69 Å². The monoisotopic (exact) mass is 231 g/mol. The van der Waals surface area contributed by atoms with Crippen LogP contribution in [0.25, 0.3) is 0 Å². The van der Waals surface area contributed by atoms with Crippen molar-refractivity contribution in [1.82, 2.24) is 0 Å². The smallest absolute Gasteiger partial charge is 0.178 e. The third-order valence-corrected chi connectivity index (χ3v) is 2.63. The molecule has 0 aromatic heterocycles. The molecule has 2 nitrogen and oxygen atoms in total. The molecule has 2 aromatic carbocycles. The Morgan fingerprint density at radius 2 is 1.88 bits per heavy atom. The largest absolute Gasteiger partial charge is 0.484 e. The van der Waals surface area contributed by atoms with Crippen LogP contribution in [0.1, 0.15) is 11.1 Å². The fraction of sp³-hybridized carbons (Fsp3) is 0.143. The molecule has 2 aromatic rings. The Morgan fingerprint density at radius 3 is 2.59 bits per heavy atom. The number of hydrogen-bond donors (Lipinski definition) is 1. The Balaban J connectivity index is 2.16. The van der Waals surface area contributed by atoms with Gasteiger partial charge >= 0.3 is 0 Å². The van der Waals surface area contributed by atoms with E-state index in [2.05, 4.69) is 0 Å². The number of halogens is 1. The van der Waals surface area contributed by atoms with Gasteiger partial charge in [-0.1, -0.05) is 30.3 Å². The zero-order chi connectivity index (χ0) is 12.3. The zero-order valence-corrected chi connectivity index (χ0v) is 9.61. The number of ether oxygens (including phenoxy) is 1. The van der Waals surface area contributed by atoms with E-state index in [1.54, 1.807) is 12.1 Å². The number of anilines is 1. The van der Waals surface area contributed by atoms with Crippen LogP contribution < -0.4 is 10.5 Å². The van der Waals surface area contributed by atoms with Crippen LogP contribution in [-0.4, -0.2) is 0 Å². The van der Waals surface area contributed by atoms with Crippen LogP contribution in [0.15, 0.2) is 42.5 Å². The predicted molar refractivity (Wildman–Crippen MR) is 66.3 cm³/mol. The number of nitrogen functional groups attached to an aromatic ring is 1. The molecule has 0 saturated heterocycles. The van der Waals surface area contributed by atoms with Crippen molar-refractivity contribution in [1.29, 1.82) is 0 Å². The Labute approximate surface area is 99.8 Å². The van der Waals surface area contributed by atoms with Crippen molar-refractivity contribution in [2.24, 2.45) is 0 Å². The lowest BCUT2D eigenvalue weighted by molar-refractivity contribution is 0.291. The molecule has 2 rings (SSSR count). The van der Waals surface area contributed by atoms with Gasteiger partial charge in [0, 0.05) is 0 Å². The molecule has 0 unspecified atom stereocenters. The van der Waals surface area contributed by atoms with Crippen LogP contribution in [0.3, 0.4) is 0 Å². The molecule has 0 aliphatic rings. The molecule has 0 heterocycles. The maximum atomic E-state index is 13.4. The van der Waals surface area contributed by atoms with Crippen molar-refractivity contribution in [3.05, 3.63) is 59.4 Å². The lowest BCUT2D eigenvalue weighted by Crippen LogP contribution is -2.02. The summed E-state index contributed by atoms with van der Waals surface area (Å²) in [4.78, 5) is 0. The predicted octanol–water partition coefficient (Wildman–Crippen LogP) is 3.30. The number of nitrogens with two attached hydrogens (primary N) is 1. The number of hydrogen-bond acceptors (Lipinski definition) is 2. The van der Waals surface area contributed by atoms with Crippen molar-refractivity contribution in [3.63, 3.8) is 0 Å². The minimum Gasteiger partial charge on any atom is -0.484 e. The van der Waals surface area contributed by atoms with Crippen molar-refractivity contribution in [2.45, 2.75) is 13.5 Å². The van der Waals surface area contributed by atoms with Crippen molar-refractivity contribution in [3.8, 4) is 5.75 Å². The second kappa shape index (κ2) is 4.87. The summed E-state index contributed by atoms with van der Waals surface area (Å²) in [6, 6.07) is 12.3. The van der Waals surface area contributed by atoms with E-state index in [0.717, 1.165) is 11.1 Å². The van der Waals surface area contributed by atoms with Gasteiger partial charge in [0.1, 0.15) is 6.61 Å². The summed E-state index contributed by atoms with van der Waals surface area (Å²) in [5.41, 5.74) is 8.11.